The maximum atomic E-state index is 5.47. The molecule has 4 aromatic carbocycles. The SMILES string of the molecule is COc1ccc(N(c2ccc(C=Cc3ccc(C)cc3)cc2)c2cccc3c2CCC3)c(C)c1. The standard InChI is InChI=1S/C32H31NO/c1-23-10-12-25(13-11-23)14-15-26-16-18-28(19-17-26)33(31-21-20-29(34-3)22-24(31)2)32-9-5-7-27-6-4-8-30(27)32/h5,7,9-22H,4,6,8H2,1-3H3. The number of rotatable bonds is 6. The molecule has 0 unspecified atom stereocenters. The van der Waals surface area contributed by atoms with E-state index in [4.69, 9.17) is 4.74 Å². The number of hydrogen-bond donors (Lipinski definition) is 0. The zero-order valence-corrected chi connectivity index (χ0v) is 20.2. The van der Waals surface area contributed by atoms with Crippen LogP contribution in [-0.4, -0.2) is 7.11 Å². The first kappa shape index (κ1) is 22.0. The fourth-order valence-corrected chi connectivity index (χ4v) is 4.83. The lowest BCUT2D eigenvalue weighted by Gasteiger charge is -2.29. The number of methoxy groups -OCH3 is 1. The molecule has 0 aromatic heterocycles. The minimum atomic E-state index is 0.885. The molecule has 0 aliphatic heterocycles. The number of ether oxygens (including phenoxy) is 1. The van der Waals surface area contributed by atoms with Gasteiger partial charge in [-0.25, -0.2) is 0 Å². The van der Waals surface area contributed by atoms with Crippen LogP contribution in [0.5, 0.6) is 5.75 Å². The van der Waals surface area contributed by atoms with Gasteiger partial charge in [-0.05, 0) is 97.3 Å². The maximum absolute atomic E-state index is 5.47. The van der Waals surface area contributed by atoms with Crippen LogP contribution in [0.1, 0.15) is 39.8 Å². The topological polar surface area (TPSA) is 12.5 Å². The van der Waals surface area contributed by atoms with Crippen molar-refractivity contribution in [2.45, 2.75) is 33.1 Å². The molecule has 0 N–H and O–H groups in total. The van der Waals surface area contributed by atoms with E-state index >= 15 is 0 Å². The van der Waals surface area contributed by atoms with Gasteiger partial charge in [0, 0.05) is 17.1 Å². The van der Waals surface area contributed by atoms with Gasteiger partial charge in [-0.2, -0.15) is 0 Å². The van der Waals surface area contributed by atoms with Crippen LogP contribution in [0.4, 0.5) is 17.1 Å². The second-order valence-corrected chi connectivity index (χ2v) is 9.09. The van der Waals surface area contributed by atoms with Crippen LogP contribution in [-0.2, 0) is 12.8 Å². The molecule has 0 heterocycles. The van der Waals surface area contributed by atoms with E-state index in [0.717, 1.165) is 12.2 Å². The molecule has 0 saturated carbocycles. The minimum Gasteiger partial charge on any atom is -0.497 e. The number of nitrogens with zero attached hydrogens (tertiary/aromatic N) is 1. The van der Waals surface area contributed by atoms with Crippen molar-refractivity contribution >= 4 is 29.2 Å². The number of fused-ring (bicyclic) bond motifs is 1. The predicted molar refractivity (Wildman–Crippen MR) is 145 cm³/mol. The Kier molecular flexibility index (Phi) is 6.22. The zero-order valence-electron chi connectivity index (χ0n) is 20.2. The van der Waals surface area contributed by atoms with Crippen molar-refractivity contribution in [3.63, 3.8) is 0 Å². The van der Waals surface area contributed by atoms with Crippen molar-refractivity contribution in [1.29, 1.82) is 0 Å². The summed E-state index contributed by atoms with van der Waals surface area (Å²) in [6, 6.07) is 30.6. The van der Waals surface area contributed by atoms with E-state index < -0.39 is 0 Å². The van der Waals surface area contributed by atoms with Gasteiger partial charge in [-0.15, -0.1) is 0 Å². The van der Waals surface area contributed by atoms with Gasteiger partial charge in [-0.1, -0.05) is 66.2 Å². The first-order valence-electron chi connectivity index (χ1n) is 12.0. The molecule has 2 nitrogen and oxygen atoms in total. The Bertz CT molecular complexity index is 1320. The second-order valence-electron chi connectivity index (χ2n) is 9.09. The van der Waals surface area contributed by atoms with Crippen molar-refractivity contribution in [1.82, 2.24) is 0 Å². The lowest BCUT2D eigenvalue weighted by Crippen LogP contribution is -2.13. The summed E-state index contributed by atoms with van der Waals surface area (Å²) in [4.78, 5) is 2.41. The summed E-state index contributed by atoms with van der Waals surface area (Å²) in [6.07, 6.45) is 7.88. The summed E-state index contributed by atoms with van der Waals surface area (Å²) >= 11 is 0. The van der Waals surface area contributed by atoms with Crippen molar-refractivity contribution in [3.8, 4) is 5.75 Å². The summed E-state index contributed by atoms with van der Waals surface area (Å²) in [7, 11) is 1.72. The average molecular weight is 446 g/mol. The highest BCUT2D eigenvalue weighted by molar-refractivity contribution is 5.82. The van der Waals surface area contributed by atoms with Crippen molar-refractivity contribution < 1.29 is 4.74 Å². The van der Waals surface area contributed by atoms with Gasteiger partial charge in [-0.3, -0.25) is 0 Å². The second kappa shape index (κ2) is 9.61. The van der Waals surface area contributed by atoms with Gasteiger partial charge in [0.2, 0.25) is 0 Å². The van der Waals surface area contributed by atoms with E-state index in [0.29, 0.717) is 0 Å². The van der Waals surface area contributed by atoms with E-state index in [-0.39, 0.29) is 0 Å². The van der Waals surface area contributed by atoms with Crippen molar-refractivity contribution in [3.05, 3.63) is 118 Å². The molecule has 0 radical (unpaired) electrons. The molecule has 0 atom stereocenters. The van der Waals surface area contributed by atoms with E-state index in [2.05, 4.69) is 116 Å². The van der Waals surface area contributed by atoms with Crippen LogP contribution in [0, 0.1) is 13.8 Å². The number of benzene rings is 4. The Morgan fingerprint density at radius 1 is 0.735 bits per heavy atom. The molecule has 1 aliphatic rings. The van der Waals surface area contributed by atoms with E-state index in [9.17, 15) is 0 Å². The van der Waals surface area contributed by atoms with E-state index in [1.54, 1.807) is 7.11 Å². The minimum absolute atomic E-state index is 0.885. The average Bonchev–Trinajstić information content (AvgIpc) is 3.35. The highest BCUT2D eigenvalue weighted by atomic mass is 16.5. The van der Waals surface area contributed by atoms with Gasteiger partial charge < -0.3 is 9.64 Å². The van der Waals surface area contributed by atoms with Gasteiger partial charge >= 0.3 is 0 Å². The lowest BCUT2D eigenvalue weighted by atomic mass is 10.0. The lowest BCUT2D eigenvalue weighted by molar-refractivity contribution is 0.414. The molecule has 0 saturated heterocycles. The quantitative estimate of drug-likeness (QED) is 0.276. The fourth-order valence-electron chi connectivity index (χ4n) is 4.83. The summed E-state index contributed by atoms with van der Waals surface area (Å²) < 4.78 is 5.47. The van der Waals surface area contributed by atoms with Crippen LogP contribution in [0.3, 0.4) is 0 Å². The molecule has 0 fully saturated rings. The summed E-state index contributed by atoms with van der Waals surface area (Å²) in [5.41, 5.74) is 11.5. The molecule has 2 heteroatoms. The van der Waals surface area contributed by atoms with Gasteiger partial charge in [0.05, 0.1) is 7.11 Å². The first-order chi connectivity index (χ1) is 16.6. The van der Waals surface area contributed by atoms with Crippen LogP contribution >= 0.6 is 0 Å². The highest BCUT2D eigenvalue weighted by Gasteiger charge is 2.22. The Morgan fingerprint density at radius 3 is 2.12 bits per heavy atom. The van der Waals surface area contributed by atoms with Crippen LogP contribution < -0.4 is 9.64 Å². The molecular formula is C32H31NO. The summed E-state index contributed by atoms with van der Waals surface area (Å²) in [5, 5.41) is 0. The van der Waals surface area contributed by atoms with E-state index in [1.165, 1.54) is 63.3 Å². The number of anilines is 3. The third-order valence-electron chi connectivity index (χ3n) is 6.70. The number of aryl methyl sites for hydroxylation is 3. The molecule has 4 aromatic rings. The van der Waals surface area contributed by atoms with Gasteiger partial charge in [0.15, 0.2) is 0 Å². The van der Waals surface area contributed by atoms with Crippen LogP contribution in [0.2, 0.25) is 0 Å². The van der Waals surface area contributed by atoms with Gasteiger partial charge in [0.25, 0.3) is 0 Å². The normalized spacial score (nSPS) is 12.7. The molecule has 170 valence electrons. The smallest absolute Gasteiger partial charge is 0.119 e. The Hall–Kier alpha value is -3.78. The highest BCUT2D eigenvalue weighted by Crippen LogP contribution is 2.42. The number of hydrogen-bond acceptors (Lipinski definition) is 2. The summed E-state index contributed by atoms with van der Waals surface area (Å²) in [6.45, 7) is 4.28. The molecule has 1 aliphatic carbocycles. The van der Waals surface area contributed by atoms with Crippen molar-refractivity contribution in [2.75, 3.05) is 12.0 Å². The van der Waals surface area contributed by atoms with Gasteiger partial charge in [0.1, 0.15) is 5.75 Å². The predicted octanol–water partition coefficient (Wildman–Crippen LogP) is 8.44. The largest absolute Gasteiger partial charge is 0.497 e. The fraction of sp³-hybridized carbons (Fsp3) is 0.188. The Morgan fingerprint density at radius 2 is 1.44 bits per heavy atom. The molecule has 5 rings (SSSR count). The van der Waals surface area contributed by atoms with E-state index in [1.807, 2.05) is 0 Å². The Balaban J connectivity index is 1.53. The third-order valence-corrected chi connectivity index (χ3v) is 6.70. The maximum Gasteiger partial charge on any atom is 0.119 e. The van der Waals surface area contributed by atoms with Crippen LogP contribution in [0.25, 0.3) is 12.2 Å². The van der Waals surface area contributed by atoms with Crippen molar-refractivity contribution in [2.24, 2.45) is 0 Å². The molecule has 0 bridgehead atoms. The third kappa shape index (κ3) is 4.49. The zero-order chi connectivity index (χ0) is 23.5. The van der Waals surface area contributed by atoms with Crippen LogP contribution in [0.15, 0.2) is 84.9 Å². The molecule has 34 heavy (non-hydrogen) atoms. The first-order valence-corrected chi connectivity index (χ1v) is 12.0. The Labute approximate surface area is 203 Å². The summed E-state index contributed by atoms with van der Waals surface area (Å²) in [5.74, 6) is 0.885. The molecular weight excluding hydrogens is 414 g/mol. The molecule has 0 spiro atoms. The monoisotopic (exact) mass is 445 g/mol. The molecule has 0 amide bonds.